The second-order valence-corrected chi connectivity index (χ2v) is 6.47. The molecule has 0 aliphatic rings. The van der Waals surface area contributed by atoms with Crippen molar-refractivity contribution in [2.24, 2.45) is 0 Å². The Hall–Kier alpha value is -2.13. The average Bonchev–Trinajstić information content (AvgIpc) is 3.04. The molecule has 3 aromatic rings. The maximum Gasteiger partial charge on any atom is 0.182 e. The lowest BCUT2D eigenvalue weighted by molar-refractivity contribution is 0.867. The highest BCUT2D eigenvalue weighted by Gasteiger charge is 2.10. The van der Waals surface area contributed by atoms with Crippen LogP contribution in [-0.2, 0) is 0 Å². The molecule has 3 heteroatoms. The molecular weight excluding hydrogens is 288 g/mol. The maximum absolute atomic E-state index is 4.64. The molecule has 0 aliphatic heterocycles. The van der Waals surface area contributed by atoms with E-state index in [4.69, 9.17) is 0 Å². The second kappa shape index (κ2) is 6.32. The number of benzene rings is 2. The highest BCUT2D eigenvalue weighted by Crippen LogP contribution is 2.34. The summed E-state index contributed by atoms with van der Waals surface area (Å²) in [6.07, 6.45) is 0. The summed E-state index contributed by atoms with van der Waals surface area (Å²) < 4.78 is 0. The molecule has 3 rings (SSSR count). The van der Waals surface area contributed by atoms with Gasteiger partial charge in [-0.15, -0.1) is 11.3 Å². The van der Waals surface area contributed by atoms with Crippen molar-refractivity contribution in [2.75, 3.05) is 12.4 Å². The summed E-state index contributed by atoms with van der Waals surface area (Å²) in [6.45, 7) is 4.44. The predicted octanol–water partition coefficient (Wildman–Crippen LogP) is 5.64. The average molecular weight is 308 g/mol. The van der Waals surface area contributed by atoms with Gasteiger partial charge in [0.25, 0.3) is 0 Å². The van der Waals surface area contributed by atoms with E-state index in [0.717, 1.165) is 10.8 Å². The highest BCUT2D eigenvalue weighted by atomic mass is 32.1. The van der Waals surface area contributed by atoms with Crippen molar-refractivity contribution < 1.29 is 0 Å². The summed E-state index contributed by atoms with van der Waals surface area (Å²) in [5, 5.41) is 6.15. The van der Waals surface area contributed by atoms with Crippen LogP contribution in [0.5, 0.6) is 0 Å². The third-order valence-electron chi connectivity index (χ3n) is 3.81. The van der Waals surface area contributed by atoms with Gasteiger partial charge in [-0.05, 0) is 22.6 Å². The minimum absolute atomic E-state index is 0.557. The molecule has 0 saturated carbocycles. The fourth-order valence-corrected chi connectivity index (χ4v) is 3.19. The molecule has 1 N–H and O–H groups in total. The Morgan fingerprint density at radius 1 is 0.955 bits per heavy atom. The predicted molar refractivity (Wildman–Crippen MR) is 96.6 cm³/mol. The molecule has 0 unspecified atom stereocenters. The van der Waals surface area contributed by atoms with E-state index < -0.39 is 0 Å². The van der Waals surface area contributed by atoms with Crippen LogP contribution in [0.15, 0.2) is 53.9 Å². The van der Waals surface area contributed by atoms with E-state index >= 15 is 0 Å². The van der Waals surface area contributed by atoms with Gasteiger partial charge in [0, 0.05) is 18.0 Å². The van der Waals surface area contributed by atoms with E-state index in [2.05, 4.69) is 78.1 Å². The van der Waals surface area contributed by atoms with Crippen LogP contribution in [0.1, 0.15) is 25.3 Å². The Kier molecular flexibility index (Phi) is 4.25. The van der Waals surface area contributed by atoms with E-state index in [9.17, 15) is 0 Å². The Morgan fingerprint density at radius 2 is 1.64 bits per heavy atom. The monoisotopic (exact) mass is 308 g/mol. The SMILES string of the molecule is CNc1nc(-c2ccccc2-c2ccc(C(C)C)cc2)cs1. The Bertz CT molecular complexity index is 757. The summed E-state index contributed by atoms with van der Waals surface area (Å²) in [5.41, 5.74) is 6.03. The molecule has 0 aliphatic carbocycles. The Balaban J connectivity index is 2.04. The number of aromatic nitrogens is 1. The van der Waals surface area contributed by atoms with Gasteiger partial charge < -0.3 is 5.32 Å². The fraction of sp³-hybridized carbons (Fsp3) is 0.211. The van der Waals surface area contributed by atoms with E-state index in [1.165, 1.54) is 22.3 Å². The zero-order valence-electron chi connectivity index (χ0n) is 13.1. The molecule has 0 bridgehead atoms. The van der Waals surface area contributed by atoms with Gasteiger partial charge in [0.15, 0.2) is 5.13 Å². The van der Waals surface area contributed by atoms with Crippen LogP contribution in [0.2, 0.25) is 0 Å². The van der Waals surface area contributed by atoms with Crippen molar-refractivity contribution in [3.63, 3.8) is 0 Å². The summed E-state index contributed by atoms with van der Waals surface area (Å²) in [7, 11) is 1.90. The summed E-state index contributed by atoms with van der Waals surface area (Å²) >= 11 is 1.63. The molecule has 0 radical (unpaired) electrons. The van der Waals surface area contributed by atoms with E-state index in [-0.39, 0.29) is 0 Å². The normalized spacial score (nSPS) is 10.9. The van der Waals surface area contributed by atoms with Crippen LogP contribution in [0, 0.1) is 0 Å². The van der Waals surface area contributed by atoms with Crippen molar-refractivity contribution in [1.29, 1.82) is 0 Å². The molecule has 1 aromatic heterocycles. The molecule has 0 spiro atoms. The van der Waals surface area contributed by atoms with Gasteiger partial charge in [-0.1, -0.05) is 62.4 Å². The standard InChI is InChI=1S/C19H20N2S/c1-13(2)14-8-10-15(11-9-14)16-6-4-5-7-17(16)18-12-22-19(20-3)21-18/h4-13H,1-3H3,(H,20,21). The third-order valence-corrected chi connectivity index (χ3v) is 4.67. The molecule has 0 saturated heterocycles. The van der Waals surface area contributed by atoms with Gasteiger partial charge in [0.2, 0.25) is 0 Å². The summed E-state index contributed by atoms with van der Waals surface area (Å²) in [6, 6.07) is 17.3. The lowest BCUT2D eigenvalue weighted by Crippen LogP contribution is -1.90. The number of thiazole rings is 1. The van der Waals surface area contributed by atoms with Gasteiger partial charge in [-0.2, -0.15) is 0 Å². The molecule has 0 amide bonds. The minimum Gasteiger partial charge on any atom is -0.365 e. The molecule has 22 heavy (non-hydrogen) atoms. The van der Waals surface area contributed by atoms with Crippen LogP contribution >= 0.6 is 11.3 Å². The van der Waals surface area contributed by atoms with Crippen molar-refractivity contribution in [2.45, 2.75) is 19.8 Å². The van der Waals surface area contributed by atoms with Crippen molar-refractivity contribution in [3.05, 3.63) is 59.5 Å². The topological polar surface area (TPSA) is 24.9 Å². The number of hydrogen-bond acceptors (Lipinski definition) is 3. The number of rotatable bonds is 4. The first-order valence-electron chi connectivity index (χ1n) is 7.52. The third kappa shape index (κ3) is 2.90. The first-order chi connectivity index (χ1) is 10.7. The smallest absolute Gasteiger partial charge is 0.182 e. The number of nitrogens with zero attached hydrogens (tertiary/aromatic N) is 1. The van der Waals surface area contributed by atoms with Crippen LogP contribution < -0.4 is 5.32 Å². The number of hydrogen-bond donors (Lipinski definition) is 1. The molecule has 0 fully saturated rings. The largest absolute Gasteiger partial charge is 0.365 e. The van der Waals surface area contributed by atoms with E-state index in [1.54, 1.807) is 11.3 Å². The van der Waals surface area contributed by atoms with Gasteiger partial charge in [0.1, 0.15) is 0 Å². The van der Waals surface area contributed by atoms with Crippen LogP contribution in [-0.4, -0.2) is 12.0 Å². The minimum atomic E-state index is 0.557. The van der Waals surface area contributed by atoms with Gasteiger partial charge in [-0.25, -0.2) is 4.98 Å². The van der Waals surface area contributed by atoms with Crippen LogP contribution in [0.4, 0.5) is 5.13 Å². The van der Waals surface area contributed by atoms with Crippen molar-refractivity contribution >= 4 is 16.5 Å². The van der Waals surface area contributed by atoms with Crippen molar-refractivity contribution in [1.82, 2.24) is 4.98 Å². The van der Waals surface area contributed by atoms with Crippen molar-refractivity contribution in [3.8, 4) is 22.4 Å². The summed E-state index contributed by atoms with van der Waals surface area (Å²) in [5.74, 6) is 0.557. The van der Waals surface area contributed by atoms with Gasteiger partial charge >= 0.3 is 0 Å². The molecule has 2 aromatic carbocycles. The molecule has 1 heterocycles. The van der Waals surface area contributed by atoms with Gasteiger partial charge in [0.05, 0.1) is 5.69 Å². The zero-order chi connectivity index (χ0) is 15.5. The quantitative estimate of drug-likeness (QED) is 0.674. The van der Waals surface area contributed by atoms with Gasteiger partial charge in [-0.3, -0.25) is 0 Å². The van der Waals surface area contributed by atoms with Crippen LogP contribution in [0.3, 0.4) is 0 Å². The molecule has 112 valence electrons. The van der Waals surface area contributed by atoms with Crippen LogP contribution in [0.25, 0.3) is 22.4 Å². The second-order valence-electron chi connectivity index (χ2n) is 5.61. The molecule has 0 atom stereocenters. The lowest BCUT2D eigenvalue weighted by Gasteiger charge is -2.10. The first kappa shape index (κ1) is 14.8. The number of nitrogens with one attached hydrogen (secondary N) is 1. The van der Waals surface area contributed by atoms with E-state index in [0.29, 0.717) is 5.92 Å². The highest BCUT2D eigenvalue weighted by molar-refractivity contribution is 7.14. The Labute approximate surface area is 135 Å². The zero-order valence-corrected chi connectivity index (χ0v) is 13.9. The lowest BCUT2D eigenvalue weighted by atomic mass is 9.95. The number of anilines is 1. The Morgan fingerprint density at radius 3 is 2.23 bits per heavy atom. The fourth-order valence-electron chi connectivity index (χ4n) is 2.52. The maximum atomic E-state index is 4.64. The first-order valence-corrected chi connectivity index (χ1v) is 8.40. The molecule has 2 nitrogen and oxygen atoms in total. The molecular formula is C19H20N2S. The van der Waals surface area contributed by atoms with E-state index in [1.807, 2.05) is 7.05 Å². The summed E-state index contributed by atoms with van der Waals surface area (Å²) in [4.78, 5) is 4.64.